The van der Waals surface area contributed by atoms with E-state index in [2.05, 4.69) is 10.3 Å². The highest BCUT2D eigenvalue weighted by Gasteiger charge is 2.07. The number of hydrogen-bond donors (Lipinski definition) is 1. The van der Waals surface area contributed by atoms with Gasteiger partial charge in [0.1, 0.15) is 11.6 Å². The van der Waals surface area contributed by atoms with Gasteiger partial charge >= 0.3 is 0 Å². The van der Waals surface area contributed by atoms with E-state index < -0.39 is 0 Å². The fraction of sp³-hybridized carbons (Fsp3) is 0.214. The lowest BCUT2D eigenvalue weighted by molar-refractivity contribution is 0.449. The average molecular weight is 246 g/mol. The van der Waals surface area contributed by atoms with Crippen LogP contribution < -0.4 is 10.1 Å². The van der Waals surface area contributed by atoms with Crippen LogP contribution in [-0.4, -0.2) is 12.0 Å². The molecule has 1 N–H and O–H groups in total. The van der Waals surface area contributed by atoms with E-state index in [1.807, 2.05) is 31.2 Å². The van der Waals surface area contributed by atoms with Gasteiger partial charge in [0.2, 0.25) is 5.88 Å². The maximum Gasteiger partial charge on any atom is 0.223 e. The van der Waals surface area contributed by atoms with E-state index in [9.17, 15) is 4.39 Å². The molecule has 0 unspecified atom stereocenters. The van der Waals surface area contributed by atoms with Crippen LogP contribution in [0.15, 0.2) is 36.5 Å². The molecule has 0 amide bonds. The first-order valence-corrected chi connectivity index (χ1v) is 5.72. The number of nitrogens with one attached hydrogen (secondary N) is 1. The number of aryl methyl sites for hydroxylation is 1. The van der Waals surface area contributed by atoms with Crippen molar-refractivity contribution >= 4 is 0 Å². The predicted molar refractivity (Wildman–Crippen MR) is 68.2 cm³/mol. The summed E-state index contributed by atoms with van der Waals surface area (Å²) in [5.41, 5.74) is 1.80. The highest BCUT2D eigenvalue weighted by Crippen LogP contribution is 2.24. The van der Waals surface area contributed by atoms with E-state index in [0.29, 0.717) is 23.7 Å². The van der Waals surface area contributed by atoms with Crippen LogP contribution >= 0.6 is 0 Å². The SMILES string of the molecule is CNCc1cc(F)cnc1Oc1cccc(C)c1. The summed E-state index contributed by atoms with van der Waals surface area (Å²) in [5, 5.41) is 2.96. The monoisotopic (exact) mass is 246 g/mol. The third-order valence-electron chi connectivity index (χ3n) is 2.46. The van der Waals surface area contributed by atoms with Crippen molar-refractivity contribution in [3.63, 3.8) is 0 Å². The van der Waals surface area contributed by atoms with Gasteiger partial charge in [-0.1, -0.05) is 12.1 Å². The van der Waals surface area contributed by atoms with Gasteiger partial charge in [0.25, 0.3) is 0 Å². The van der Waals surface area contributed by atoms with Crippen molar-refractivity contribution in [3.05, 3.63) is 53.5 Å². The summed E-state index contributed by atoms with van der Waals surface area (Å²) in [7, 11) is 1.79. The van der Waals surface area contributed by atoms with Gasteiger partial charge in [0.15, 0.2) is 0 Å². The molecule has 0 saturated carbocycles. The second-order valence-corrected chi connectivity index (χ2v) is 4.07. The van der Waals surface area contributed by atoms with Crippen LogP contribution in [0.3, 0.4) is 0 Å². The molecule has 1 heterocycles. The van der Waals surface area contributed by atoms with Gasteiger partial charge in [0.05, 0.1) is 6.20 Å². The molecule has 4 heteroatoms. The Hall–Kier alpha value is -1.94. The highest BCUT2D eigenvalue weighted by molar-refractivity contribution is 5.34. The Morgan fingerprint density at radius 1 is 1.33 bits per heavy atom. The summed E-state index contributed by atoms with van der Waals surface area (Å²) in [6.45, 7) is 2.49. The fourth-order valence-electron chi connectivity index (χ4n) is 1.67. The highest BCUT2D eigenvalue weighted by atomic mass is 19.1. The van der Waals surface area contributed by atoms with E-state index in [-0.39, 0.29) is 5.82 Å². The molecule has 0 aliphatic carbocycles. The van der Waals surface area contributed by atoms with Gasteiger partial charge in [-0.25, -0.2) is 9.37 Å². The molecule has 0 aliphatic heterocycles. The lowest BCUT2D eigenvalue weighted by Crippen LogP contribution is -2.07. The number of aromatic nitrogens is 1. The molecule has 2 aromatic rings. The number of pyridine rings is 1. The van der Waals surface area contributed by atoms with Crippen LogP contribution in [-0.2, 0) is 6.54 Å². The molecule has 0 saturated heterocycles. The molecule has 94 valence electrons. The van der Waals surface area contributed by atoms with Crippen LogP contribution in [0, 0.1) is 12.7 Å². The molecule has 0 atom stereocenters. The van der Waals surface area contributed by atoms with E-state index >= 15 is 0 Å². The minimum Gasteiger partial charge on any atom is -0.439 e. The van der Waals surface area contributed by atoms with Gasteiger partial charge in [-0.2, -0.15) is 0 Å². The van der Waals surface area contributed by atoms with Crippen LogP contribution in [0.1, 0.15) is 11.1 Å². The minimum absolute atomic E-state index is 0.364. The Bertz CT molecular complexity index is 543. The first kappa shape index (κ1) is 12.5. The minimum atomic E-state index is -0.364. The van der Waals surface area contributed by atoms with Gasteiger partial charge in [0, 0.05) is 12.1 Å². The molecule has 0 aliphatic rings. The Labute approximate surface area is 106 Å². The third-order valence-corrected chi connectivity index (χ3v) is 2.46. The standard InChI is InChI=1S/C14H15FN2O/c1-10-4-3-5-13(6-10)18-14-11(8-16-2)7-12(15)9-17-14/h3-7,9,16H,8H2,1-2H3. The number of ether oxygens (including phenoxy) is 1. The quantitative estimate of drug-likeness (QED) is 0.900. The zero-order valence-electron chi connectivity index (χ0n) is 10.4. The lowest BCUT2D eigenvalue weighted by Gasteiger charge is -2.10. The summed E-state index contributed by atoms with van der Waals surface area (Å²) in [6.07, 6.45) is 1.16. The Morgan fingerprint density at radius 3 is 2.89 bits per heavy atom. The first-order chi connectivity index (χ1) is 8.69. The van der Waals surface area contributed by atoms with Crippen molar-refractivity contribution in [2.75, 3.05) is 7.05 Å². The normalized spacial score (nSPS) is 10.4. The van der Waals surface area contributed by atoms with E-state index in [1.54, 1.807) is 7.05 Å². The number of rotatable bonds is 4. The van der Waals surface area contributed by atoms with Crippen LogP contribution in [0.2, 0.25) is 0 Å². The fourth-order valence-corrected chi connectivity index (χ4v) is 1.67. The maximum absolute atomic E-state index is 13.1. The molecule has 2 rings (SSSR count). The molecule has 0 fully saturated rings. The van der Waals surface area contributed by atoms with Crippen molar-refractivity contribution in [2.45, 2.75) is 13.5 Å². The average Bonchev–Trinajstić information content (AvgIpc) is 2.33. The first-order valence-electron chi connectivity index (χ1n) is 5.72. The molecule has 18 heavy (non-hydrogen) atoms. The molecule has 1 aromatic heterocycles. The number of hydrogen-bond acceptors (Lipinski definition) is 3. The number of nitrogens with zero attached hydrogens (tertiary/aromatic N) is 1. The van der Waals surface area contributed by atoms with Crippen LogP contribution in [0.5, 0.6) is 11.6 Å². The Balaban J connectivity index is 2.28. The number of halogens is 1. The molecule has 1 aromatic carbocycles. The van der Waals surface area contributed by atoms with Crippen molar-refractivity contribution in [3.8, 4) is 11.6 Å². The van der Waals surface area contributed by atoms with Gasteiger partial charge < -0.3 is 10.1 Å². The topological polar surface area (TPSA) is 34.2 Å². The van der Waals surface area contributed by atoms with E-state index in [4.69, 9.17) is 4.74 Å². The Morgan fingerprint density at radius 2 is 2.17 bits per heavy atom. The molecular formula is C14H15FN2O. The zero-order valence-corrected chi connectivity index (χ0v) is 10.4. The molecular weight excluding hydrogens is 231 g/mol. The summed E-state index contributed by atoms with van der Waals surface area (Å²) < 4.78 is 18.8. The summed E-state index contributed by atoms with van der Waals surface area (Å²) >= 11 is 0. The zero-order chi connectivity index (χ0) is 13.0. The van der Waals surface area contributed by atoms with E-state index in [0.717, 1.165) is 11.8 Å². The Kier molecular flexibility index (Phi) is 3.89. The van der Waals surface area contributed by atoms with Gasteiger partial charge in [-0.05, 0) is 37.7 Å². The predicted octanol–water partition coefficient (Wildman–Crippen LogP) is 3.04. The van der Waals surface area contributed by atoms with Crippen LogP contribution in [0.25, 0.3) is 0 Å². The van der Waals surface area contributed by atoms with Crippen LogP contribution in [0.4, 0.5) is 4.39 Å². The van der Waals surface area contributed by atoms with Crippen molar-refractivity contribution in [2.24, 2.45) is 0 Å². The molecule has 0 radical (unpaired) electrons. The van der Waals surface area contributed by atoms with Gasteiger partial charge in [-0.3, -0.25) is 0 Å². The second kappa shape index (κ2) is 5.60. The summed E-state index contributed by atoms with van der Waals surface area (Å²) in [4.78, 5) is 3.98. The molecule has 3 nitrogen and oxygen atoms in total. The van der Waals surface area contributed by atoms with Crippen molar-refractivity contribution in [1.82, 2.24) is 10.3 Å². The smallest absolute Gasteiger partial charge is 0.223 e. The lowest BCUT2D eigenvalue weighted by atomic mass is 10.2. The largest absolute Gasteiger partial charge is 0.439 e. The van der Waals surface area contributed by atoms with Crippen molar-refractivity contribution in [1.29, 1.82) is 0 Å². The maximum atomic E-state index is 13.1. The van der Waals surface area contributed by atoms with Gasteiger partial charge in [-0.15, -0.1) is 0 Å². The third kappa shape index (κ3) is 3.05. The van der Waals surface area contributed by atoms with E-state index in [1.165, 1.54) is 6.07 Å². The molecule has 0 spiro atoms. The number of benzene rings is 1. The molecule has 0 bridgehead atoms. The summed E-state index contributed by atoms with van der Waals surface area (Å²) in [6, 6.07) is 9.08. The second-order valence-electron chi connectivity index (χ2n) is 4.07. The summed E-state index contributed by atoms with van der Waals surface area (Å²) in [5.74, 6) is 0.764. The van der Waals surface area contributed by atoms with Crippen molar-refractivity contribution < 1.29 is 9.13 Å².